The van der Waals surface area contributed by atoms with E-state index in [1.807, 2.05) is 13.0 Å². The molecule has 2 aromatic heterocycles. The topological polar surface area (TPSA) is 64.0 Å². The van der Waals surface area contributed by atoms with Crippen molar-refractivity contribution in [2.24, 2.45) is 5.92 Å². The Morgan fingerprint density at radius 1 is 1.44 bits per heavy atom. The average molecular weight is 402 g/mol. The van der Waals surface area contributed by atoms with E-state index in [1.54, 1.807) is 23.5 Å². The molecule has 0 saturated carbocycles. The predicted molar refractivity (Wildman–Crippen MR) is 110 cm³/mol. The molecule has 1 aliphatic carbocycles. The third kappa shape index (κ3) is 3.51. The molecule has 0 radical (unpaired) electrons. The van der Waals surface area contributed by atoms with Crippen molar-refractivity contribution in [3.63, 3.8) is 0 Å². The molecule has 7 heteroatoms. The summed E-state index contributed by atoms with van der Waals surface area (Å²) in [6, 6.07) is 5.32. The van der Waals surface area contributed by atoms with Crippen LogP contribution in [0, 0.1) is 12.8 Å². The van der Waals surface area contributed by atoms with Crippen LogP contribution >= 0.6 is 22.9 Å². The number of thiophene rings is 1. The fourth-order valence-electron chi connectivity index (χ4n) is 3.55. The molecular formula is C20H20ClN3O2S. The number of nitrogens with zero attached hydrogens (tertiary/aromatic N) is 2. The van der Waals surface area contributed by atoms with E-state index in [9.17, 15) is 9.59 Å². The van der Waals surface area contributed by atoms with E-state index in [-0.39, 0.29) is 18.0 Å². The fourth-order valence-corrected chi connectivity index (χ4v) is 5.07. The lowest BCUT2D eigenvalue weighted by Crippen LogP contribution is -2.28. The smallest absolute Gasteiger partial charge is 0.262 e. The third-order valence-electron chi connectivity index (χ3n) is 5.07. The number of carbonyl (C=O) groups excluding carboxylic acids is 1. The molecule has 2 heterocycles. The van der Waals surface area contributed by atoms with Crippen molar-refractivity contribution in [3.05, 3.63) is 55.9 Å². The predicted octanol–water partition coefficient (Wildman–Crippen LogP) is 4.18. The number of anilines is 1. The van der Waals surface area contributed by atoms with Crippen LogP contribution in [0.4, 0.5) is 5.69 Å². The fraction of sp³-hybridized carbons (Fsp3) is 0.350. The van der Waals surface area contributed by atoms with Crippen LogP contribution in [0.1, 0.15) is 29.3 Å². The van der Waals surface area contributed by atoms with Crippen LogP contribution < -0.4 is 10.9 Å². The van der Waals surface area contributed by atoms with Crippen molar-refractivity contribution in [3.8, 4) is 0 Å². The van der Waals surface area contributed by atoms with Gasteiger partial charge in [0.15, 0.2) is 0 Å². The van der Waals surface area contributed by atoms with E-state index in [0.29, 0.717) is 22.0 Å². The Kier molecular flexibility index (Phi) is 4.78. The van der Waals surface area contributed by atoms with E-state index in [1.165, 1.54) is 15.8 Å². The van der Waals surface area contributed by atoms with Crippen LogP contribution in [0.2, 0.25) is 5.02 Å². The maximum Gasteiger partial charge on any atom is 0.262 e. The zero-order valence-electron chi connectivity index (χ0n) is 15.2. The van der Waals surface area contributed by atoms with Crippen molar-refractivity contribution < 1.29 is 4.79 Å². The molecule has 1 amide bonds. The number of amides is 1. The van der Waals surface area contributed by atoms with Gasteiger partial charge in [0.05, 0.1) is 11.7 Å². The number of aryl methyl sites for hydroxylation is 2. The van der Waals surface area contributed by atoms with Crippen LogP contribution in [0.15, 0.2) is 29.3 Å². The third-order valence-corrected chi connectivity index (χ3v) is 6.47. The minimum atomic E-state index is -0.277. The maximum atomic E-state index is 13.0. The van der Waals surface area contributed by atoms with Gasteiger partial charge in [0, 0.05) is 15.6 Å². The Hall–Kier alpha value is -2.18. The molecule has 1 atom stereocenters. The number of nitrogens with one attached hydrogen (secondary N) is 1. The number of hydrogen-bond donors (Lipinski definition) is 1. The first-order chi connectivity index (χ1) is 12.9. The molecule has 140 valence electrons. The molecule has 0 fully saturated rings. The molecule has 27 heavy (non-hydrogen) atoms. The van der Waals surface area contributed by atoms with E-state index in [0.717, 1.165) is 35.2 Å². The number of hydrogen-bond acceptors (Lipinski definition) is 4. The lowest BCUT2D eigenvalue weighted by atomic mass is 9.89. The summed E-state index contributed by atoms with van der Waals surface area (Å²) >= 11 is 7.61. The van der Waals surface area contributed by atoms with E-state index in [2.05, 4.69) is 17.2 Å². The summed E-state index contributed by atoms with van der Waals surface area (Å²) in [6.45, 7) is 4.06. The number of aromatic nitrogens is 2. The SMILES string of the molecule is Cc1ccc(Cl)cc1NC(=O)Cn1cnc2sc3c(c2c1=O)CCC(C)C3. The molecule has 0 aliphatic heterocycles. The molecule has 1 unspecified atom stereocenters. The van der Waals surface area contributed by atoms with E-state index in [4.69, 9.17) is 11.6 Å². The number of fused-ring (bicyclic) bond motifs is 3. The first-order valence-corrected chi connectivity index (χ1v) is 10.2. The van der Waals surface area contributed by atoms with Gasteiger partial charge in [-0.3, -0.25) is 14.2 Å². The molecule has 3 aromatic rings. The van der Waals surface area contributed by atoms with Gasteiger partial charge in [-0.25, -0.2) is 4.98 Å². The van der Waals surface area contributed by atoms with Crippen molar-refractivity contribution in [1.29, 1.82) is 0 Å². The Balaban J connectivity index is 1.62. The van der Waals surface area contributed by atoms with E-state index >= 15 is 0 Å². The molecule has 4 rings (SSSR count). The molecule has 1 N–H and O–H groups in total. The Morgan fingerprint density at radius 3 is 3.07 bits per heavy atom. The maximum absolute atomic E-state index is 13.0. The Bertz CT molecular complexity index is 1100. The number of halogens is 1. The second kappa shape index (κ2) is 7.09. The quantitative estimate of drug-likeness (QED) is 0.715. The highest BCUT2D eigenvalue weighted by molar-refractivity contribution is 7.18. The van der Waals surface area contributed by atoms with Crippen LogP contribution in [0.25, 0.3) is 10.2 Å². The second-order valence-electron chi connectivity index (χ2n) is 7.22. The molecular weight excluding hydrogens is 382 g/mol. The van der Waals surface area contributed by atoms with Crippen LogP contribution in [-0.4, -0.2) is 15.5 Å². The Labute approximate surface area is 166 Å². The van der Waals surface area contributed by atoms with Crippen molar-refractivity contribution in [2.45, 2.75) is 39.7 Å². The largest absolute Gasteiger partial charge is 0.324 e. The van der Waals surface area contributed by atoms with Gasteiger partial charge in [-0.1, -0.05) is 24.6 Å². The molecule has 5 nitrogen and oxygen atoms in total. The van der Waals surface area contributed by atoms with Crippen molar-refractivity contribution in [2.75, 3.05) is 5.32 Å². The summed E-state index contributed by atoms with van der Waals surface area (Å²) in [5, 5.41) is 4.07. The van der Waals surface area contributed by atoms with Crippen LogP contribution in [0.3, 0.4) is 0 Å². The summed E-state index contributed by atoms with van der Waals surface area (Å²) < 4.78 is 1.39. The minimum Gasteiger partial charge on any atom is -0.324 e. The number of benzene rings is 1. The van der Waals surface area contributed by atoms with Gasteiger partial charge >= 0.3 is 0 Å². The van der Waals surface area contributed by atoms with Crippen molar-refractivity contribution in [1.82, 2.24) is 9.55 Å². The first kappa shape index (κ1) is 18.2. The highest BCUT2D eigenvalue weighted by Crippen LogP contribution is 2.35. The van der Waals surface area contributed by atoms with Gasteiger partial charge in [-0.15, -0.1) is 11.3 Å². The molecule has 0 bridgehead atoms. The summed E-state index contributed by atoms with van der Waals surface area (Å²) in [7, 11) is 0. The summed E-state index contributed by atoms with van der Waals surface area (Å²) in [5.74, 6) is 0.362. The van der Waals surface area contributed by atoms with Gasteiger partial charge in [0.1, 0.15) is 11.4 Å². The average Bonchev–Trinajstić information content (AvgIpc) is 2.98. The number of carbonyl (C=O) groups is 1. The lowest BCUT2D eigenvalue weighted by Gasteiger charge is -2.17. The lowest BCUT2D eigenvalue weighted by molar-refractivity contribution is -0.116. The number of rotatable bonds is 3. The van der Waals surface area contributed by atoms with Crippen molar-refractivity contribution >= 4 is 44.7 Å². The van der Waals surface area contributed by atoms with Gasteiger partial charge in [0.25, 0.3) is 5.56 Å². The highest BCUT2D eigenvalue weighted by Gasteiger charge is 2.23. The minimum absolute atomic E-state index is 0.0747. The molecule has 1 aromatic carbocycles. The van der Waals surface area contributed by atoms with Gasteiger partial charge in [-0.2, -0.15) is 0 Å². The summed E-state index contributed by atoms with van der Waals surface area (Å²) in [5.41, 5.74) is 2.56. The standard InChI is InChI=1S/C20H20ClN3O2S/c1-11-3-6-14-16(7-11)27-19-18(14)20(26)24(10-22-19)9-17(25)23-15-8-13(21)5-4-12(15)2/h4-5,8,10-11H,3,6-7,9H2,1-2H3,(H,23,25). The zero-order chi connectivity index (χ0) is 19.1. The molecule has 1 aliphatic rings. The normalized spacial score (nSPS) is 16.3. The molecule has 0 spiro atoms. The first-order valence-electron chi connectivity index (χ1n) is 8.98. The second-order valence-corrected chi connectivity index (χ2v) is 8.74. The Morgan fingerprint density at radius 2 is 2.26 bits per heavy atom. The van der Waals surface area contributed by atoms with E-state index < -0.39 is 0 Å². The monoisotopic (exact) mass is 401 g/mol. The van der Waals surface area contributed by atoms with Gasteiger partial charge in [0.2, 0.25) is 5.91 Å². The molecule has 0 saturated heterocycles. The van der Waals surface area contributed by atoms with Gasteiger partial charge in [-0.05, 0) is 55.4 Å². The van der Waals surface area contributed by atoms with Crippen LogP contribution in [0.5, 0.6) is 0 Å². The summed E-state index contributed by atoms with van der Waals surface area (Å²) in [4.78, 5) is 31.9. The van der Waals surface area contributed by atoms with Gasteiger partial charge < -0.3 is 5.32 Å². The summed E-state index contributed by atoms with van der Waals surface area (Å²) in [6.07, 6.45) is 4.47. The van der Waals surface area contributed by atoms with Crippen LogP contribution in [-0.2, 0) is 24.2 Å². The zero-order valence-corrected chi connectivity index (χ0v) is 16.8. The highest BCUT2D eigenvalue weighted by atomic mass is 35.5.